The SMILES string of the molecule is Cn1cc(C(N)c2nc(C3Cc4ccccc43)no2)cn1. The van der Waals surface area contributed by atoms with E-state index in [1.807, 2.05) is 19.3 Å². The van der Waals surface area contributed by atoms with E-state index in [0.717, 1.165) is 12.0 Å². The van der Waals surface area contributed by atoms with Gasteiger partial charge in [0, 0.05) is 18.8 Å². The zero-order chi connectivity index (χ0) is 14.4. The number of aromatic nitrogens is 4. The Labute approximate surface area is 121 Å². The minimum absolute atomic E-state index is 0.222. The first-order valence-electron chi connectivity index (χ1n) is 6.88. The largest absolute Gasteiger partial charge is 0.337 e. The van der Waals surface area contributed by atoms with Gasteiger partial charge in [0.25, 0.3) is 0 Å². The lowest BCUT2D eigenvalue weighted by Crippen LogP contribution is -2.19. The van der Waals surface area contributed by atoms with Crippen LogP contribution in [-0.4, -0.2) is 19.9 Å². The van der Waals surface area contributed by atoms with E-state index in [1.54, 1.807) is 10.9 Å². The van der Waals surface area contributed by atoms with Crippen LogP contribution in [0.25, 0.3) is 0 Å². The van der Waals surface area contributed by atoms with Gasteiger partial charge in [-0.3, -0.25) is 4.68 Å². The second kappa shape index (κ2) is 4.53. The van der Waals surface area contributed by atoms with E-state index in [-0.39, 0.29) is 5.92 Å². The first-order chi connectivity index (χ1) is 10.2. The lowest BCUT2D eigenvalue weighted by molar-refractivity contribution is 0.359. The van der Waals surface area contributed by atoms with Crippen LogP contribution in [0.2, 0.25) is 0 Å². The third-order valence-electron chi connectivity index (χ3n) is 3.97. The summed E-state index contributed by atoms with van der Waals surface area (Å²) in [6, 6.07) is 7.90. The van der Waals surface area contributed by atoms with Crippen LogP contribution in [0.5, 0.6) is 0 Å². The molecule has 2 unspecified atom stereocenters. The molecule has 0 saturated heterocycles. The number of benzene rings is 1. The van der Waals surface area contributed by atoms with Crippen molar-refractivity contribution in [3.8, 4) is 0 Å². The van der Waals surface area contributed by atoms with Gasteiger partial charge in [0.1, 0.15) is 6.04 Å². The van der Waals surface area contributed by atoms with E-state index in [2.05, 4.69) is 33.4 Å². The summed E-state index contributed by atoms with van der Waals surface area (Å²) in [6.45, 7) is 0. The lowest BCUT2D eigenvalue weighted by atomic mass is 9.77. The van der Waals surface area contributed by atoms with Gasteiger partial charge in [-0.15, -0.1) is 0 Å². The van der Waals surface area contributed by atoms with E-state index >= 15 is 0 Å². The lowest BCUT2D eigenvalue weighted by Gasteiger charge is -2.27. The number of aryl methyl sites for hydroxylation is 1. The highest BCUT2D eigenvalue weighted by molar-refractivity contribution is 5.43. The fourth-order valence-electron chi connectivity index (χ4n) is 2.75. The van der Waals surface area contributed by atoms with Crippen molar-refractivity contribution < 1.29 is 4.52 Å². The molecular weight excluding hydrogens is 266 g/mol. The number of nitrogens with zero attached hydrogens (tertiary/aromatic N) is 4. The quantitative estimate of drug-likeness (QED) is 0.787. The van der Waals surface area contributed by atoms with E-state index in [9.17, 15) is 0 Å². The zero-order valence-corrected chi connectivity index (χ0v) is 11.6. The van der Waals surface area contributed by atoms with Gasteiger partial charge in [0.2, 0.25) is 5.89 Å². The Balaban J connectivity index is 1.60. The monoisotopic (exact) mass is 281 g/mol. The highest BCUT2D eigenvalue weighted by atomic mass is 16.5. The van der Waals surface area contributed by atoms with E-state index < -0.39 is 6.04 Å². The maximum absolute atomic E-state index is 6.15. The molecule has 0 aliphatic heterocycles. The molecule has 0 fully saturated rings. The molecule has 0 spiro atoms. The first-order valence-corrected chi connectivity index (χ1v) is 6.88. The molecule has 0 amide bonds. The zero-order valence-electron chi connectivity index (χ0n) is 11.6. The standard InChI is InChI=1S/C15H15N5O/c1-20-8-10(7-17-20)13(16)15-18-14(19-21-15)12-6-9-4-2-3-5-11(9)12/h2-5,7-8,12-13H,6,16H2,1H3. The summed E-state index contributed by atoms with van der Waals surface area (Å²) in [4.78, 5) is 4.48. The second-order valence-corrected chi connectivity index (χ2v) is 5.37. The summed E-state index contributed by atoms with van der Waals surface area (Å²) in [6.07, 6.45) is 4.53. The molecule has 2 N–H and O–H groups in total. The van der Waals surface area contributed by atoms with Crippen LogP contribution in [-0.2, 0) is 13.5 Å². The molecule has 1 aliphatic carbocycles. The van der Waals surface area contributed by atoms with Crippen molar-refractivity contribution in [3.63, 3.8) is 0 Å². The van der Waals surface area contributed by atoms with Gasteiger partial charge >= 0.3 is 0 Å². The Morgan fingerprint density at radius 3 is 3.00 bits per heavy atom. The molecule has 0 bridgehead atoms. The molecule has 6 nitrogen and oxygen atoms in total. The Bertz CT molecular complexity index is 791. The molecule has 1 aliphatic rings. The summed E-state index contributed by atoms with van der Waals surface area (Å²) in [5, 5.41) is 8.21. The smallest absolute Gasteiger partial charge is 0.248 e. The van der Waals surface area contributed by atoms with Gasteiger partial charge in [-0.05, 0) is 17.5 Å². The van der Waals surface area contributed by atoms with E-state index in [4.69, 9.17) is 10.3 Å². The highest BCUT2D eigenvalue weighted by Gasteiger charge is 2.31. The number of hydrogen-bond acceptors (Lipinski definition) is 5. The first kappa shape index (κ1) is 12.3. The molecule has 0 saturated carbocycles. The van der Waals surface area contributed by atoms with Crippen molar-refractivity contribution >= 4 is 0 Å². The predicted octanol–water partition coefficient (Wildman–Crippen LogP) is 1.54. The molecule has 1 aromatic carbocycles. The molecule has 4 rings (SSSR count). The molecular formula is C15H15N5O. The average molecular weight is 281 g/mol. The Morgan fingerprint density at radius 2 is 2.24 bits per heavy atom. The van der Waals surface area contributed by atoms with Crippen LogP contribution in [0.1, 0.15) is 40.4 Å². The molecule has 3 aromatic rings. The van der Waals surface area contributed by atoms with Gasteiger partial charge in [-0.25, -0.2) is 0 Å². The van der Waals surface area contributed by atoms with Crippen molar-refractivity contribution in [3.05, 3.63) is 65.1 Å². The Morgan fingerprint density at radius 1 is 1.38 bits per heavy atom. The minimum Gasteiger partial charge on any atom is -0.337 e. The summed E-state index contributed by atoms with van der Waals surface area (Å²) >= 11 is 0. The molecule has 2 heterocycles. The van der Waals surface area contributed by atoms with E-state index in [0.29, 0.717) is 11.7 Å². The van der Waals surface area contributed by atoms with Crippen LogP contribution in [0.15, 0.2) is 41.2 Å². The summed E-state index contributed by atoms with van der Waals surface area (Å²) in [5.74, 6) is 1.37. The normalized spacial score (nSPS) is 18.1. The average Bonchev–Trinajstić information content (AvgIpc) is 3.09. The maximum atomic E-state index is 6.15. The van der Waals surface area contributed by atoms with E-state index in [1.165, 1.54) is 11.1 Å². The van der Waals surface area contributed by atoms with Crippen LogP contribution < -0.4 is 5.73 Å². The molecule has 21 heavy (non-hydrogen) atoms. The Kier molecular flexibility index (Phi) is 2.65. The third-order valence-corrected chi connectivity index (χ3v) is 3.97. The van der Waals surface area contributed by atoms with Gasteiger partial charge in [0.15, 0.2) is 5.82 Å². The van der Waals surface area contributed by atoms with Crippen molar-refractivity contribution in [2.24, 2.45) is 12.8 Å². The van der Waals surface area contributed by atoms with Crippen LogP contribution in [0.3, 0.4) is 0 Å². The molecule has 106 valence electrons. The van der Waals surface area contributed by atoms with Gasteiger partial charge in [0.05, 0.1) is 12.1 Å². The molecule has 2 aromatic heterocycles. The van der Waals surface area contributed by atoms with Gasteiger partial charge < -0.3 is 10.3 Å². The minimum atomic E-state index is -0.435. The van der Waals surface area contributed by atoms with Crippen molar-refractivity contribution in [1.29, 1.82) is 0 Å². The molecule has 0 radical (unpaired) electrons. The maximum Gasteiger partial charge on any atom is 0.248 e. The van der Waals surface area contributed by atoms with Crippen LogP contribution in [0, 0.1) is 0 Å². The summed E-state index contributed by atoms with van der Waals surface area (Å²) in [7, 11) is 1.85. The van der Waals surface area contributed by atoms with Crippen molar-refractivity contribution in [1.82, 2.24) is 19.9 Å². The predicted molar refractivity (Wildman–Crippen MR) is 75.5 cm³/mol. The number of nitrogens with two attached hydrogens (primary N) is 1. The topological polar surface area (TPSA) is 82.8 Å². The summed E-state index contributed by atoms with van der Waals surface area (Å²) in [5.41, 5.74) is 9.64. The van der Waals surface area contributed by atoms with Gasteiger partial charge in [-0.1, -0.05) is 29.4 Å². The molecule has 2 atom stereocenters. The Hall–Kier alpha value is -2.47. The number of hydrogen-bond donors (Lipinski definition) is 1. The number of fused-ring (bicyclic) bond motifs is 1. The van der Waals surface area contributed by atoms with Crippen molar-refractivity contribution in [2.45, 2.75) is 18.4 Å². The fourth-order valence-corrected chi connectivity index (χ4v) is 2.75. The van der Waals surface area contributed by atoms with Gasteiger partial charge in [-0.2, -0.15) is 10.1 Å². The van der Waals surface area contributed by atoms with Crippen LogP contribution in [0.4, 0.5) is 0 Å². The summed E-state index contributed by atoms with van der Waals surface area (Å²) < 4.78 is 7.04. The fraction of sp³-hybridized carbons (Fsp3) is 0.267. The van der Waals surface area contributed by atoms with Crippen LogP contribution >= 0.6 is 0 Å². The molecule has 6 heteroatoms. The highest BCUT2D eigenvalue weighted by Crippen LogP contribution is 2.38. The third kappa shape index (κ3) is 1.95. The van der Waals surface area contributed by atoms with Crippen molar-refractivity contribution in [2.75, 3.05) is 0 Å². The second-order valence-electron chi connectivity index (χ2n) is 5.37. The number of rotatable bonds is 3.